The van der Waals surface area contributed by atoms with Gasteiger partial charge in [0.1, 0.15) is 11.8 Å². The maximum absolute atomic E-state index is 13.7. The summed E-state index contributed by atoms with van der Waals surface area (Å²) in [6.45, 7) is 8.13. The van der Waals surface area contributed by atoms with Gasteiger partial charge >= 0.3 is 0 Å². The second kappa shape index (κ2) is 13.3. The Labute approximate surface area is 223 Å². The molecule has 2 unspecified atom stereocenters. The number of hydrogen-bond donors (Lipinski definition) is 1. The van der Waals surface area contributed by atoms with Crippen LogP contribution in [-0.4, -0.2) is 35.4 Å². The first-order valence-electron chi connectivity index (χ1n) is 12.3. The number of aryl methyl sites for hydroxylation is 2. The van der Waals surface area contributed by atoms with Gasteiger partial charge in [-0.05, 0) is 73.7 Å². The monoisotopic (exact) mass is 550 g/mol. The summed E-state index contributed by atoms with van der Waals surface area (Å²) in [6, 6.07) is 22.8. The Morgan fingerprint density at radius 3 is 2.25 bits per heavy atom. The van der Waals surface area contributed by atoms with E-state index in [1.165, 1.54) is 0 Å². The Morgan fingerprint density at radius 1 is 0.944 bits per heavy atom. The lowest BCUT2D eigenvalue weighted by Gasteiger charge is -2.32. The van der Waals surface area contributed by atoms with E-state index in [2.05, 4.69) is 27.3 Å². The summed E-state index contributed by atoms with van der Waals surface area (Å²) in [4.78, 5) is 28.9. The van der Waals surface area contributed by atoms with Gasteiger partial charge in [0.25, 0.3) is 5.91 Å². The highest BCUT2D eigenvalue weighted by Crippen LogP contribution is 2.20. The van der Waals surface area contributed by atoms with E-state index in [1.807, 2.05) is 94.4 Å². The maximum atomic E-state index is 13.7. The minimum absolute atomic E-state index is 0.00474. The fourth-order valence-corrected chi connectivity index (χ4v) is 4.52. The van der Waals surface area contributed by atoms with Crippen LogP contribution in [0.5, 0.6) is 5.75 Å². The standard InChI is InChI=1S/C30H35BrN2O3/c1-5-23(4)32-30(35)28(18-24-10-7-6-8-11-24)33(19-25-12-9-13-26(31)17-25)29(34)20-36-27-15-21(2)14-22(3)16-27/h6-17,23,28H,5,18-20H2,1-4H3,(H,32,35). The quantitative estimate of drug-likeness (QED) is 0.318. The molecule has 0 saturated heterocycles. The smallest absolute Gasteiger partial charge is 0.261 e. The predicted octanol–water partition coefficient (Wildman–Crippen LogP) is 6.00. The van der Waals surface area contributed by atoms with Gasteiger partial charge in [-0.1, -0.05) is 71.4 Å². The summed E-state index contributed by atoms with van der Waals surface area (Å²) in [6.07, 6.45) is 1.21. The molecule has 0 saturated carbocycles. The first-order valence-corrected chi connectivity index (χ1v) is 13.1. The molecule has 36 heavy (non-hydrogen) atoms. The van der Waals surface area contributed by atoms with E-state index >= 15 is 0 Å². The fraction of sp³-hybridized carbons (Fsp3) is 0.333. The molecule has 0 aliphatic carbocycles. The van der Waals surface area contributed by atoms with Crippen LogP contribution in [-0.2, 0) is 22.6 Å². The Bertz CT molecular complexity index is 1150. The number of nitrogens with one attached hydrogen (secondary N) is 1. The molecule has 2 amide bonds. The maximum Gasteiger partial charge on any atom is 0.261 e. The van der Waals surface area contributed by atoms with Crippen LogP contribution in [0.25, 0.3) is 0 Å². The van der Waals surface area contributed by atoms with Crippen molar-refractivity contribution in [2.75, 3.05) is 6.61 Å². The van der Waals surface area contributed by atoms with Gasteiger partial charge in [0.05, 0.1) is 0 Å². The molecule has 3 aromatic rings. The molecule has 2 atom stereocenters. The molecule has 0 aromatic heterocycles. The molecule has 0 fully saturated rings. The van der Waals surface area contributed by atoms with Crippen molar-refractivity contribution in [1.29, 1.82) is 0 Å². The Balaban J connectivity index is 1.92. The van der Waals surface area contributed by atoms with Gasteiger partial charge in [-0.15, -0.1) is 0 Å². The molecule has 1 N–H and O–H groups in total. The van der Waals surface area contributed by atoms with Crippen molar-refractivity contribution in [2.45, 2.75) is 59.2 Å². The van der Waals surface area contributed by atoms with Crippen molar-refractivity contribution >= 4 is 27.7 Å². The molecule has 6 heteroatoms. The fourth-order valence-electron chi connectivity index (χ4n) is 4.07. The Kier molecular flexibility index (Phi) is 10.1. The number of nitrogens with zero attached hydrogens (tertiary/aromatic N) is 1. The first kappa shape index (κ1) is 27.5. The summed E-state index contributed by atoms with van der Waals surface area (Å²) in [5.41, 5.74) is 4.05. The largest absolute Gasteiger partial charge is 0.484 e. The number of halogens is 1. The summed E-state index contributed by atoms with van der Waals surface area (Å²) in [5.74, 6) is 0.240. The molecule has 0 spiro atoms. The second-order valence-electron chi connectivity index (χ2n) is 9.29. The topological polar surface area (TPSA) is 58.6 Å². The molecule has 0 heterocycles. The first-order chi connectivity index (χ1) is 17.2. The van der Waals surface area contributed by atoms with E-state index in [9.17, 15) is 9.59 Å². The summed E-state index contributed by atoms with van der Waals surface area (Å²) in [5, 5.41) is 3.09. The van der Waals surface area contributed by atoms with Crippen molar-refractivity contribution in [3.63, 3.8) is 0 Å². The molecule has 190 valence electrons. The second-order valence-corrected chi connectivity index (χ2v) is 10.2. The number of hydrogen-bond acceptors (Lipinski definition) is 3. The molecular weight excluding hydrogens is 516 g/mol. The van der Waals surface area contributed by atoms with Crippen molar-refractivity contribution in [3.8, 4) is 5.75 Å². The molecular formula is C30H35BrN2O3. The Morgan fingerprint density at radius 2 is 1.61 bits per heavy atom. The van der Waals surface area contributed by atoms with Crippen molar-refractivity contribution in [2.24, 2.45) is 0 Å². The molecule has 0 aliphatic heterocycles. The third-order valence-corrected chi connectivity index (χ3v) is 6.56. The van der Waals surface area contributed by atoms with Crippen molar-refractivity contribution in [3.05, 3.63) is 99.5 Å². The molecule has 0 radical (unpaired) electrons. The highest BCUT2D eigenvalue weighted by molar-refractivity contribution is 9.10. The summed E-state index contributed by atoms with van der Waals surface area (Å²) < 4.78 is 6.84. The van der Waals surface area contributed by atoms with Crippen molar-refractivity contribution < 1.29 is 14.3 Å². The van der Waals surface area contributed by atoms with Crippen LogP contribution >= 0.6 is 15.9 Å². The molecule has 0 bridgehead atoms. The van der Waals surface area contributed by atoms with Crippen LogP contribution < -0.4 is 10.1 Å². The van der Waals surface area contributed by atoms with Gasteiger partial charge in [-0.2, -0.15) is 0 Å². The lowest BCUT2D eigenvalue weighted by atomic mass is 10.0. The zero-order valence-electron chi connectivity index (χ0n) is 21.5. The van der Waals surface area contributed by atoms with Gasteiger partial charge in [0.2, 0.25) is 5.91 Å². The SMILES string of the molecule is CCC(C)NC(=O)C(Cc1ccccc1)N(Cc1cccc(Br)c1)C(=O)COc1cc(C)cc(C)c1. The van der Waals surface area contributed by atoms with Crippen LogP contribution in [0, 0.1) is 13.8 Å². The van der Waals surface area contributed by atoms with Gasteiger partial charge in [-0.25, -0.2) is 0 Å². The number of rotatable bonds is 11. The number of ether oxygens (including phenoxy) is 1. The van der Waals surface area contributed by atoms with Crippen molar-refractivity contribution in [1.82, 2.24) is 10.2 Å². The van der Waals surface area contributed by atoms with E-state index in [-0.39, 0.29) is 24.5 Å². The minimum Gasteiger partial charge on any atom is -0.484 e. The van der Waals surface area contributed by atoms with E-state index in [4.69, 9.17) is 4.74 Å². The van der Waals surface area contributed by atoms with Crippen LogP contribution in [0.15, 0.2) is 77.3 Å². The van der Waals surface area contributed by atoms with E-state index in [0.717, 1.165) is 33.1 Å². The number of carbonyl (C=O) groups is 2. The molecule has 3 aromatic carbocycles. The summed E-state index contributed by atoms with van der Waals surface area (Å²) in [7, 11) is 0. The highest BCUT2D eigenvalue weighted by atomic mass is 79.9. The van der Waals surface area contributed by atoms with Gasteiger partial charge in [0.15, 0.2) is 6.61 Å². The van der Waals surface area contributed by atoms with E-state index in [0.29, 0.717) is 18.7 Å². The average molecular weight is 552 g/mol. The predicted molar refractivity (Wildman–Crippen MR) is 148 cm³/mol. The normalized spacial score (nSPS) is 12.5. The average Bonchev–Trinajstić information content (AvgIpc) is 2.84. The van der Waals surface area contributed by atoms with Gasteiger partial charge in [-0.3, -0.25) is 9.59 Å². The zero-order valence-corrected chi connectivity index (χ0v) is 23.0. The highest BCUT2D eigenvalue weighted by Gasteiger charge is 2.31. The van der Waals surface area contributed by atoms with Gasteiger partial charge in [0, 0.05) is 23.5 Å². The van der Waals surface area contributed by atoms with Crippen LogP contribution in [0.3, 0.4) is 0 Å². The number of benzene rings is 3. The Hall–Kier alpha value is -3.12. The van der Waals surface area contributed by atoms with E-state index < -0.39 is 6.04 Å². The summed E-state index contributed by atoms with van der Waals surface area (Å²) >= 11 is 3.52. The third-order valence-electron chi connectivity index (χ3n) is 6.07. The van der Waals surface area contributed by atoms with Gasteiger partial charge < -0.3 is 15.0 Å². The third kappa shape index (κ3) is 8.23. The molecule has 0 aliphatic rings. The van der Waals surface area contributed by atoms with Crippen LogP contribution in [0.2, 0.25) is 0 Å². The van der Waals surface area contributed by atoms with E-state index in [1.54, 1.807) is 4.90 Å². The van der Waals surface area contributed by atoms with Crippen LogP contribution in [0.4, 0.5) is 0 Å². The van der Waals surface area contributed by atoms with Crippen LogP contribution in [0.1, 0.15) is 42.5 Å². The zero-order chi connectivity index (χ0) is 26.1. The number of carbonyl (C=O) groups excluding carboxylic acids is 2. The molecule has 5 nitrogen and oxygen atoms in total. The molecule has 3 rings (SSSR count). The minimum atomic E-state index is -0.685. The lowest BCUT2D eigenvalue weighted by Crippen LogP contribution is -2.53. The lowest BCUT2D eigenvalue weighted by molar-refractivity contribution is -0.143. The number of amides is 2.